The van der Waals surface area contributed by atoms with Crippen LogP contribution in [0.5, 0.6) is 0 Å². The predicted molar refractivity (Wildman–Crippen MR) is 120 cm³/mol. The van der Waals surface area contributed by atoms with Crippen LogP contribution in [0.25, 0.3) is 0 Å². The summed E-state index contributed by atoms with van der Waals surface area (Å²) >= 11 is 3.50. The van der Waals surface area contributed by atoms with E-state index in [2.05, 4.69) is 29.8 Å². The molecule has 2 aromatic rings. The lowest BCUT2D eigenvalue weighted by atomic mass is 10.1. The number of fused-ring (bicyclic) bond motifs is 1. The summed E-state index contributed by atoms with van der Waals surface area (Å²) in [6.07, 6.45) is 6.00. The molecular weight excluding hydrogens is 492 g/mol. The number of nitrogens with two attached hydrogens (primary N) is 1. The molecule has 16 heteroatoms. The molecule has 0 saturated carbocycles. The number of carbonyl (C=O) groups is 3. The van der Waals surface area contributed by atoms with E-state index < -0.39 is 34.4 Å². The Hall–Kier alpha value is -3.24. The number of thioether (sulfide) groups is 2. The summed E-state index contributed by atoms with van der Waals surface area (Å²) < 4.78 is 3.95. The quantitative estimate of drug-likeness (QED) is 0.185. The minimum absolute atomic E-state index is 0.0249. The second-order valence-electron chi connectivity index (χ2n) is 6.53. The van der Waals surface area contributed by atoms with Gasteiger partial charge < -0.3 is 25.9 Å². The number of carboxylic acid groups (broad SMARTS) is 1. The molecule has 33 heavy (non-hydrogen) atoms. The number of carboxylic acids is 1. The van der Waals surface area contributed by atoms with Crippen LogP contribution in [0, 0.1) is 0 Å². The monoisotopic (exact) mass is 508 g/mol. The first-order chi connectivity index (χ1) is 15.9. The zero-order valence-electron chi connectivity index (χ0n) is 16.8. The predicted octanol–water partition coefficient (Wildman–Crippen LogP) is -0.210. The second-order valence-corrected chi connectivity index (χ2v) is 9.68. The van der Waals surface area contributed by atoms with E-state index >= 15 is 0 Å². The lowest BCUT2D eigenvalue weighted by Gasteiger charge is -2.48. The molecule has 13 nitrogen and oxygen atoms in total. The van der Waals surface area contributed by atoms with Crippen molar-refractivity contribution in [3.63, 3.8) is 0 Å². The number of anilines is 1. The molecule has 0 aliphatic carbocycles. The number of carbonyl (C=O) groups excluding carboxylic acids is 2. The number of hydrogen-bond donors (Lipinski definition) is 3. The SMILES string of the molecule is CON=C(C(=O)NC1C(=O)N2C=C(C(=O)O)C(CSc3cnccn3)S[C@H]12)c1nsc(N)n1. The Labute approximate surface area is 199 Å². The molecule has 3 atom stereocenters. The molecule has 4 heterocycles. The highest BCUT2D eigenvalue weighted by Gasteiger charge is 2.52. The highest BCUT2D eigenvalue weighted by Crippen LogP contribution is 2.42. The second kappa shape index (κ2) is 9.72. The molecule has 2 aliphatic rings. The first-order valence-electron chi connectivity index (χ1n) is 9.22. The fraction of sp³-hybridized carbons (Fsp3) is 0.294. The number of nitrogens with one attached hydrogen (secondary N) is 1. The summed E-state index contributed by atoms with van der Waals surface area (Å²) in [7, 11) is 1.26. The van der Waals surface area contributed by atoms with Crippen LogP contribution >= 0.6 is 35.1 Å². The molecule has 4 rings (SSSR count). The number of hydrogen-bond acceptors (Lipinski definition) is 13. The molecule has 2 unspecified atom stereocenters. The van der Waals surface area contributed by atoms with Gasteiger partial charge in [-0.2, -0.15) is 9.36 Å². The number of amides is 2. The van der Waals surface area contributed by atoms with E-state index in [-0.39, 0.29) is 22.2 Å². The number of rotatable bonds is 8. The lowest BCUT2D eigenvalue weighted by molar-refractivity contribution is -0.144. The van der Waals surface area contributed by atoms with Gasteiger partial charge in [0.25, 0.3) is 11.8 Å². The minimum Gasteiger partial charge on any atom is -0.478 e. The molecule has 0 bridgehead atoms. The smallest absolute Gasteiger partial charge is 0.334 e. The maximum atomic E-state index is 12.8. The molecule has 0 radical (unpaired) electrons. The molecule has 0 aromatic carbocycles. The summed E-state index contributed by atoms with van der Waals surface area (Å²) in [6, 6.07) is -0.892. The lowest BCUT2D eigenvalue weighted by Crippen LogP contribution is -2.69. The fourth-order valence-electron chi connectivity index (χ4n) is 3.03. The average Bonchev–Trinajstić information content (AvgIpc) is 3.25. The number of nitrogen functional groups attached to an aromatic ring is 1. The number of oxime groups is 1. The Bertz CT molecular complexity index is 1140. The van der Waals surface area contributed by atoms with Gasteiger partial charge in [-0.05, 0) is 0 Å². The number of aromatic nitrogens is 4. The van der Waals surface area contributed by atoms with Crippen LogP contribution in [0.15, 0.2) is 40.5 Å². The molecule has 2 amide bonds. The summed E-state index contributed by atoms with van der Waals surface area (Å²) in [5, 5.41) is 15.7. The highest BCUT2D eigenvalue weighted by atomic mass is 32.2. The Morgan fingerprint density at radius 3 is 2.88 bits per heavy atom. The van der Waals surface area contributed by atoms with Crippen LogP contribution in [0.1, 0.15) is 5.82 Å². The third-order valence-electron chi connectivity index (χ3n) is 4.52. The maximum Gasteiger partial charge on any atom is 0.334 e. The van der Waals surface area contributed by atoms with E-state index in [1.165, 1.54) is 41.7 Å². The third-order valence-corrected chi connectivity index (χ3v) is 7.80. The summed E-state index contributed by atoms with van der Waals surface area (Å²) in [5.74, 6) is -1.91. The molecule has 172 valence electrons. The van der Waals surface area contributed by atoms with Crippen molar-refractivity contribution in [1.29, 1.82) is 0 Å². The Kier molecular flexibility index (Phi) is 6.75. The van der Waals surface area contributed by atoms with E-state index in [4.69, 9.17) is 10.6 Å². The Morgan fingerprint density at radius 2 is 2.24 bits per heavy atom. The molecule has 4 N–H and O–H groups in total. The number of aliphatic carboxylic acids is 1. The van der Waals surface area contributed by atoms with Gasteiger partial charge in [-0.25, -0.2) is 9.78 Å². The summed E-state index contributed by atoms with van der Waals surface area (Å²) in [5.41, 5.74) is 5.44. The summed E-state index contributed by atoms with van der Waals surface area (Å²) in [6.45, 7) is 0. The maximum absolute atomic E-state index is 12.8. The van der Waals surface area contributed by atoms with Crippen molar-refractivity contribution in [2.75, 3.05) is 18.6 Å². The van der Waals surface area contributed by atoms with E-state index in [1.54, 1.807) is 18.6 Å². The van der Waals surface area contributed by atoms with Gasteiger partial charge in [-0.15, -0.1) is 23.5 Å². The zero-order chi connectivity index (χ0) is 23.5. The first kappa shape index (κ1) is 22.9. The van der Waals surface area contributed by atoms with E-state index in [9.17, 15) is 19.5 Å². The van der Waals surface area contributed by atoms with Crippen molar-refractivity contribution in [3.05, 3.63) is 36.2 Å². The average molecular weight is 509 g/mol. The van der Waals surface area contributed by atoms with Gasteiger partial charge in [-0.1, -0.05) is 5.16 Å². The first-order valence-corrected chi connectivity index (χ1v) is 11.9. The number of β-lactam (4-membered cyclic amide) rings is 1. The van der Waals surface area contributed by atoms with E-state index in [0.29, 0.717) is 10.8 Å². The van der Waals surface area contributed by atoms with Crippen molar-refractivity contribution >= 4 is 63.7 Å². The van der Waals surface area contributed by atoms with Crippen LogP contribution < -0.4 is 11.1 Å². The van der Waals surface area contributed by atoms with E-state index in [0.717, 1.165) is 11.5 Å². The van der Waals surface area contributed by atoms with Crippen molar-refractivity contribution in [2.45, 2.75) is 21.7 Å². The third kappa shape index (κ3) is 4.76. The molecule has 2 aromatic heterocycles. The fourth-order valence-corrected chi connectivity index (χ4v) is 6.04. The topological polar surface area (TPSA) is 186 Å². The summed E-state index contributed by atoms with van der Waals surface area (Å²) in [4.78, 5) is 55.3. The van der Waals surface area contributed by atoms with Gasteiger partial charge in [-0.3, -0.25) is 14.6 Å². The Morgan fingerprint density at radius 1 is 1.42 bits per heavy atom. The van der Waals surface area contributed by atoms with Crippen molar-refractivity contribution < 1.29 is 24.3 Å². The van der Waals surface area contributed by atoms with Crippen molar-refractivity contribution in [2.24, 2.45) is 5.16 Å². The van der Waals surface area contributed by atoms with Crippen molar-refractivity contribution in [1.82, 2.24) is 29.5 Å². The van der Waals surface area contributed by atoms with Crippen LogP contribution in [0.3, 0.4) is 0 Å². The largest absolute Gasteiger partial charge is 0.478 e. The van der Waals surface area contributed by atoms with Gasteiger partial charge >= 0.3 is 5.97 Å². The standard InChI is InChI=1S/C17H16N8O5S3/c1-30-23-10(12-22-17(18)33-24-12)13(26)21-11-14(27)25-5-7(16(28)29)8(32-15(11)25)6-31-9-4-19-2-3-20-9/h2-5,8,11,15H,6H2,1H3,(H,21,26)(H,28,29)(H2,18,22,24)/t8?,11?,15-/m1/s1. The minimum atomic E-state index is -1.12. The molecule has 1 saturated heterocycles. The molecule has 0 spiro atoms. The van der Waals surface area contributed by atoms with Crippen LogP contribution in [0.2, 0.25) is 0 Å². The van der Waals surface area contributed by atoms with Gasteiger partial charge in [0.2, 0.25) is 11.5 Å². The number of nitrogens with zero attached hydrogens (tertiary/aromatic N) is 6. The van der Waals surface area contributed by atoms with E-state index in [1.807, 2.05) is 0 Å². The normalized spacial score (nSPS) is 22.2. The molecule has 2 aliphatic heterocycles. The van der Waals surface area contributed by atoms with Crippen LogP contribution in [0.4, 0.5) is 5.13 Å². The zero-order valence-corrected chi connectivity index (χ0v) is 19.3. The van der Waals surface area contributed by atoms with Crippen molar-refractivity contribution in [3.8, 4) is 0 Å². The highest BCUT2D eigenvalue weighted by molar-refractivity contribution is 8.04. The Balaban J connectivity index is 1.48. The van der Waals surface area contributed by atoms with Gasteiger partial charge in [0.15, 0.2) is 5.13 Å². The van der Waals surface area contributed by atoms with Crippen LogP contribution in [-0.2, 0) is 19.2 Å². The van der Waals surface area contributed by atoms with Gasteiger partial charge in [0.05, 0.1) is 11.8 Å². The molecule has 1 fully saturated rings. The molecular formula is C17H16N8O5S3. The van der Waals surface area contributed by atoms with Gasteiger partial charge in [0, 0.05) is 41.1 Å². The van der Waals surface area contributed by atoms with Gasteiger partial charge in [0.1, 0.15) is 23.6 Å². The van der Waals surface area contributed by atoms with Crippen LogP contribution in [-0.4, -0.2) is 82.4 Å².